The number of nitrogens with one attached hydrogen (secondary N) is 1. The number of ketones is 2. The molecule has 0 aliphatic rings. The van der Waals surface area contributed by atoms with Gasteiger partial charge in [-0.15, -0.1) is 0 Å². The van der Waals surface area contributed by atoms with Crippen molar-refractivity contribution in [2.24, 2.45) is 11.8 Å². The molecule has 3 atom stereocenters. The number of nitrogens with zero attached hydrogens (tertiary/aromatic N) is 2. The molecule has 0 saturated heterocycles. The maximum atomic E-state index is 13.7. The normalized spacial score (nSPS) is 13.6. The Kier molecular flexibility index (Phi) is 11.3. The maximum absolute atomic E-state index is 13.7. The SMILES string of the molecule is COc1ccc([C@H](NC(=O)[C@@H](Cc2cnccn2)Oc2cc(Cl)cc(Cl)c2)C(=O)C[C@H](C(=O)C(F)(F)F)C(C)C)cc1. The summed E-state index contributed by atoms with van der Waals surface area (Å²) >= 11 is 12.2. The molecule has 0 fully saturated rings. The predicted octanol–water partition coefficient (Wildman–Crippen LogP) is 6.00. The Morgan fingerprint density at radius 3 is 2.14 bits per heavy atom. The number of ether oxygens (including phenoxy) is 2. The third kappa shape index (κ3) is 9.15. The number of aromatic nitrogens is 2. The number of hydrogen-bond acceptors (Lipinski definition) is 7. The van der Waals surface area contributed by atoms with Gasteiger partial charge in [0.2, 0.25) is 5.78 Å². The molecular formula is C29H28Cl2F3N3O5. The number of Topliss-reactive ketones (excluding diaryl/α,β-unsaturated/α-hetero) is 2. The largest absolute Gasteiger partial charge is 0.497 e. The maximum Gasteiger partial charge on any atom is 0.450 e. The average Bonchev–Trinajstić information content (AvgIpc) is 2.93. The lowest BCUT2D eigenvalue weighted by Crippen LogP contribution is -2.45. The van der Waals surface area contributed by atoms with Crippen LogP contribution in [-0.2, 0) is 20.8 Å². The van der Waals surface area contributed by atoms with Crippen molar-refractivity contribution < 1.29 is 37.0 Å². The molecule has 0 aliphatic carbocycles. The number of methoxy groups -OCH3 is 1. The van der Waals surface area contributed by atoms with Crippen molar-refractivity contribution in [2.75, 3.05) is 7.11 Å². The van der Waals surface area contributed by atoms with E-state index in [9.17, 15) is 27.6 Å². The van der Waals surface area contributed by atoms with Gasteiger partial charge in [0.15, 0.2) is 11.9 Å². The van der Waals surface area contributed by atoms with E-state index in [1.807, 2.05) is 0 Å². The fraction of sp³-hybridized carbons (Fsp3) is 0.345. The van der Waals surface area contributed by atoms with Crippen LogP contribution in [-0.4, -0.2) is 46.8 Å². The summed E-state index contributed by atoms with van der Waals surface area (Å²) in [5, 5.41) is 3.09. The van der Waals surface area contributed by atoms with E-state index in [-0.39, 0.29) is 27.8 Å². The standard InChI is InChI=1S/C29H28Cl2F3N3O5/c1-16(2)23(27(39)29(32,33)34)14-24(38)26(17-4-6-21(41-3)7-5-17)37-28(40)25(13-20-15-35-8-9-36-20)42-22-11-18(30)10-19(31)12-22/h4-12,15-16,23,25-26H,13-14H2,1-3H3,(H,37,40)/t23-,25+,26-/m0/s1. The Hall–Kier alpha value is -3.70. The molecule has 1 amide bonds. The Bertz CT molecular complexity index is 1370. The van der Waals surface area contributed by atoms with Crippen LogP contribution >= 0.6 is 23.2 Å². The van der Waals surface area contributed by atoms with E-state index in [1.54, 1.807) is 0 Å². The van der Waals surface area contributed by atoms with Gasteiger partial charge in [-0.25, -0.2) is 0 Å². The van der Waals surface area contributed by atoms with Crippen molar-refractivity contribution in [3.8, 4) is 11.5 Å². The minimum atomic E-state index is -5.12. The molecule has 3 rings (SSSR count). The molecule has 13 heteroatoms. The Balaban J connectivity index is 1.96. The van der Waals surface area contributed by atoms with Crippen molar-refractivity contribution in [3.05, 3.63) is 82.4 Å². The Morgan fingerprint density at radius 1 is 0.976 bits per heavy atom. The van der Waals surface area contributed by atoms with Crippen LogP contribution in [0, 0.1) is 11.8 Å². The van der Waals surface area contributed by atoms with Crippen LogP contribution < -0.4 is 14.8 Å². The quantitative estimate of drug-likeness (QED) is 0.248. The minimum absolute atomic E-state index is 0.0888. The van der Waals surface area contributed by atoms with Crippen LogP contribution in [0.5, 0.6) is 11.5 Å². The summed E-state index contributed by atoms with van der Waals surface area (Å²) in [6.07, 6.45) is -2.96. The summed E-state index contributed by atoms with van der Waals surface area (Å²) < 4.78 is 51.0. The van der Waals surface area contributed by atoms with Crippen LogP contribution in [0.2, 0.25) is 10.0 Å². The van der Waals surface area contributed by atoms with Gasteiger partial charge in [-0.05, 0) is 41.8 Å². The van der Waals surface area contributed by atoms with E-state index in [1.165, 1.54) is 82.0 Å². The molecule has 1 N–H and O–H groups in total. The molecule has 0 aliphatic heterocycles. The summed E-state index contributed by atoms with van der Waals surface area (Å²) in [4.78, 5) is 47.5. The van der Waals surface area contributed by atoms with E-state index in [0.717, 1.165) is 0 Å². The van der Waals surface area contributed by atoms with Crippen LogP contribution in [0.1, 0.15) is 37.6 Å². The van der Waals surface area contributed by atoms with E-state index >= 15 is 0 Å². The fourth-order valence-corrected chi connectivity index (χ4v) is 4.64. The monoisotopic (exact) mass is 625 g/mol. The smallest absolute Gasteiger partial charge is 0.450 e. The fourth-order valence-electron chi connectivity index (χ4n) is 4.13. The lowest BCUT2D eigenvalue weighted by Gasteiger charge is -2.26. The van der Waals surface area contributed by atoms with Crippen molar-refractivity contribution in [3.63, 3.8) is 0 Å². The molecule has 0 saturated carbocycles. The second-order valence-electron chi connectivity index (χ2n) is 9.71. The first-order chi connectivity index (χ1) is 19.8. The third-order valence-corrected chi connectivity index (χ3v) is 6.75. The van der Waals surface area contributed by atoms with Gasteiger partial charge in [-0.2, -0.15) is 13.2 Å². The highest BCUT2D eigenvalue weighted by Crippen LogP contribution is 2.31. The Morgan fingerprint density at radius 2 is 1.62 bits per heavy atom. The average molecular weight is 626 g/mol. The molecule has 1 aromatic heterocycles. The molecule has 8 nitrogen and oxygen atoms in total. The number of benzene rings is 2. The van der Waals surface area contributed by atoms with Gasteiger partial charge >= 0.3 is 6.18 Å². The lowest BCUT2D eigenvalue weighted by atomic mass is 9.84. The molecule has 3 aromatic rings. The minimum Gasteiger partial charge on any atom is -0.497 e. The van der Waals surface area contributed by atoms with E-state index in [2.05, 4.69) is 15.3 Å². The van der Waals surface area contributed by atoms with Gasteiger partial charge in [0.05, 0.1) is 12.8 Å². The molecule has 0 spiro atoms. The summed E-state index contributed by atoms with van der Waals surface area (Å²) in [5.41, 5.74) is 0.647. The first kappa shape index (κ1) is 32.8. The first-order valence-corrected chi connectivity index (χ1v) is 13.5. The highest BCUT2D eigenvalue weighted by atomic mass is 35.5. The van der Waals surface area contributed by atoms with Crippen molar-refractivity contribution in [2.45, 2.75) is 45.0 Å². The van der Waals surface area contributed by atoms with Crippen LogP contribution in [0.15, 0.2) is 61.1 Å². The number of carbonyl (C=O) groups is 3. The first-order valence-electron chi connectivity index (χ1n) is 12.7. The van der Waals surface area contributed by atoms with E-state index in [0.29, 0.717) is 11.4 Å². The zero-order valence-corrected chi connectivity index (χ0v) is 24.3. The number of carbonyl (C=O) groups excluding carboxylic acids is 3. The number of halogens is 5. The van der Waals surface area contributed by atoms with Gasteiger partial charge in [0.1, 0.15) is 17.5 Å². The third-order valence-electron chi connectivity index (χ3n) is 6.32. The second-order valence-corrected chi connectivity index (χ2v) is 10.6. The van der Waals surface area contributed by atoms with Crippen LogP contribution in [0.4, 0.5) is 13.2 Å². The molecule has 42 heavy (non-hydrogen) atoms. The Labute approximate surface area is 250 Å². The van der Waals surface area contributed by atoms with Crippen LogP contribution in [0.3, 0.4) is 0 Å². The zero-order chi connectivity index (χ0) is 31.0. The molecule has 0 radical (unpaired) electrons. The topological polar surface area (TPSA) is 107 Å². The molecule has 2 aromatic carbocycles. The number of hydrogen-bond donors (Lipinski definition) is 1. The van der Waals surface area contributed by atoms with E-state index in [4.69, 9.17) is 32.7 Å². The summed E-state index contributed by atoms with van der Waals surface area (Å²) in [7, 11) is 1.44. The predicted molar refractivity (Wildman–Crippen MR) is 150 cm³/mol. The molecule has 0 bridgehead atoms. The van der Waals surface area contributed by atoms with E-state index < -0.39 is 54.1 Å². The molecule has 224 valence electrons. The van der Waals surface area contributed by atoms with Crippen LogP contribution in [0.25, 0.3) is 0 Å². The molecule has 1 heterocycles. The van der Waals surface area contributed by atoms with Gasteiger partial charge < -0.3 is 14.8 Å². The zero-order valence-electron chi connectivity index (χ0n) is 22.8. The highest BCUT2D eigenvalue weighted by molar-refractivity contribution is 6.34. The van der Waals surface area contributed by atoms with Crippen molar-refractivity contribution >= 4 is 40.7 Å². The molecular weight excluding hydrogens is 598 g/mol. The highest BCUT2D eigenvalue weighted by Gasteiger charge is 2.45. The number of rotatable bonds is 13. The van der Waals surface area contributed by atoms with Crippen molar-refractivity contribution in [1.29, 1.82) is 0 Å². The second kappa shape index (κ2) is 14.5. The summed E-state index contributed by atoms with van der Waals surface area (Å²) in [6, 6.07) is 8.98. The van der Waals surface area contributed by atoms with Crippen molar-refractivity contribution in [1.82, 2.24) is 15.3 Å². The van der Waals surface area contributed by atoms with Gasteiger partial charge in [-0.1, -0.05) is 49.2 Å². The summed E-state index contributed by atoms with van der Waals surface area (Å²) in [6.45, 7) is 2.84. The van der Waals surface area contributed by atoms with Gasteiger partial charge in [0.25, 0.3) is 5.91 Å². The number of amides is 1. The lowest BCUT2D eigenvalue weighted by molar-refractivity contribution is -0.177. The van der Waals surface area contributed by atoms with Gasteiger partial charge in [-0.3, -0.25) is 24.4 Å². The molecule has 0 unspecified atom stereocenters. The number of alkyl halides is 3. The van der Waals surface area contributed by atoms with Gasteiger partial charge in [0, 0.05) is 47.4 Å². The summed E-state index contributed by atoms with van der Waals surface area (Å²) in [5.74, 6) is -5.42.